The molecule has 0 fully saturated rings. The molecule has 0 aliphatic rings. The van der Waals surface area contributed by atoms with E-state index in [1.54, 1.807) is 26.1 Å². The topological polar surface area (TPSA) is 88.2 Å². The van der Waals surface area contributed by atoms with Crippen molar-refractivity contribution in [3.05, 3.63) is 33.9 Å². The molecule has 0 spiro atoms. The summed E-state index contributed by atoms with van der Waals surface area (Å²) < 4.78 is 5.59. The van der Waals surface area contributed by atoms with E-state index in [1.165, 1.54) is 6.07 Å². The number of hydrogen-bond acceptors (Lipinski definition) is 5. The Morgan fingerprint density at radius 1 is 1.52 bits per heavy atom. The average molecular weight is 291 g/mol. The largest absolute Gasteiger partial charge is 0.494 e. The molecule has 1 N–H and O–H groups in total. The summed E-state index contributed by atoms with van der Waals surface area (Å²) in [5, 5.41) is 23.0. The van der Waals surface area contributed by atoms with Gasteiger partial charge in [0.1, 0.15) is 11.3 Å². The summed E-state index contributed by atoms with van der Waals surface area (Å²) >= 11 is 0. The van der Waals surface area contributed by atoms with E-state index in [1.807, 2.05) is 6.92 Å². The molecule has 1 unspecified atom stereocenters. The molecule has 21 heavy (non-hydrogen) atoms. The molecule has 0 aliphatic heterocycles. The number of aryl methyl sites for hydroxylation is 1. The summed E-state index contributed by atoms with van der Waals surface area (Å²) in [6.07, 6.45) is 2.16. The first-order valence-electron chi connectivity index (χ1n) is 6.96. The molecule has 1 aromatic rings. The molecule has 6 nitrogen and oxygen atoms in total. The van der Waals surface area contributed by atoms with Gasteiger partial charge in [0.15, 0.2) is 0 Å². The summed E-state index contributed by atoms with van der Waals surface area (Å²) in [6, 6.07) is 7.01. The Labute approximate surface area is 124 Å². The first kappa shape index (κ1) is 16.9. The quantitative estimate of drug-likeness (QED) is 0.452. The van der Waals surface area contributed by atoms with Crippen LogP contribution < -0.4 is 10.1 Å². The van der Waals surface area contributed by atoms with Gasteiger partial charge in [0.05, 0.1) is 17.6 Å². The van der Waals surface area contributed by atoms with Crippen LogP contribution in [0.15, 0.2) is 18.2 Å². The van der Waals surface area contributed by atoms with E-state index in [-0.39, 0.29) is 5.69 Å². The molecule has 0 saturated heterocycles. The number of rotatable bonds is 8. The molecule has 0 amide bonds. The third kappa shape index (κ3) is 4.43. The van der Waals surface area contributed by atoms with Crippen molar-refractivity contribution in [3.63, 3.8) is 0 Å². The number of nitro benzene ring substituents is 1. The molecule has 0 radical (unpaired) electrons. The highest BCUT2D eigenvalue weighted by Crippen LogP contribution is 2.23. The second-order valence-electron chi connectivity index (χ2n) is 4.95. The van der Waals surface area contributed by atoms with Gasteiger partial charge in [-0.1, -0.05) is 6.92 Å². The Balaban J connectivity index is 2.52. The summed E-state index contributed by atoms with van der Waals surface area (Å²) in [4.78, 5) is 10.3. The van der Waals surface area contributed by atoms with Crippen LogP contribution in [-0.2, 0) is 0 Å². The van der Waals surface area contributed by atoms with Gasteiger partial charge < -0.3 is 10.1 Å². The Kier molecular flexibility index (Phi) is 6.12. The van der Waals surface area contributed by atoms with Crippen LogP contribution in [-0.4, -0.2) is 24.1 Å². The number of hydrogen-bond donors (Lipinski definition) is 1. The van der Waals surface area contributed by atoms with Crippen molar-refractivity contribution in [1.29, 1.82) is 5.26 Å². The van der Waals surface area contributed by atoms with Gasteiger partial charge in [-0.3, -0.25) is 10.1 Å². The first-order chi connectivity index (χ1) is 9.98. The first-order valence-corrected chi connectivity index (χ1v) is 6.96. The summed E-state index contributed by atoms with van der Waals surface area (Å²) in [6.45, 7) is 4.13. The number of nitriles is 1. The van der Waals surface area contributed by atoms with Crippen LogP contribution in [0.25, 0.3) is 0 Å². The fraction of sp³-hybridized carbons (Fsp3) is 0.533. The predicted molar refractivity (Wildman–Crippen MR) is 80.3 cm³/mol. The van der Waals surface area contributed by atoms with Crippen molar-refractivity contribution in [2.45, 2.75) is 38.6 Å². The number of nitrogens with one attached hydrogen (secondary N) is 1. The number of nitro groups is 1. The lowest BCUT2D eigenvalue weighted by molar-refractivity contribution is -0.385. The normalized spacial score (nSPS) is 13.2. The van der Waals surface area contributed by atoms with Gasteiger partial charge in [-0.05, 0) is 45.4 Å². The van der Waals surface area contributed by atoms with Crippen LogP contribution in [0.5, 0.6) is 5.75 Å². The smallest absolute Gasteiger partial charge is 0.272 e. The van der Waals surface area contributed by atoms with Crippen molar-refractivity contribution >= 4 is 5.69 Å². The van der Waals surface area contributed by atoms with Crippen LogP contribution in [0.1, 0.15) is 31.7 Å². The maximum Gasteiger partial charge on any atom is 0.272 e. The molecule has 0 heterocycles. The molecule has 0 bridgehead atoms. The minimum Gasteiger partial charge on any atom is -0.494 e. The maximum atomic E-state index is 10.7. The lowest BCUT2D eigenvalue weighted by Crippen LogP contribution is -2.41. The summed E-state index contributed by atoms with van der Waals surface area (Å²) in [5.74, 6) is 0.613. The van der Waals surface area contributed by atoms with E-state index in [0.717, 1.165) is 12.8 Å². The van der Waals surface area contributed by atoms with E-state index >= 15 is 0 Å². The second kappa shape index (κ2) is 7.60. The number of ether oxygens (including phenoxy) is 1. The minimum absolute atomic E-state index is 0.0898. The molecule has 6 heteroatoms. The van der Waals surface area contributed by atoms with E-state index in [9.17, 15) is 15.4 Å². The molecular weight excluding hydrogens is 270 g/mol. The van der Waals surface area contributed by atoms with E-state index in [2.05, 4.69) is 11.4 Å². The maximum absolute atomic E-state index is 10.7. The van der Waals surface area contributed by atoms with Crippen LogP contribution in [0.3, 0.4) is 0 Å². The predicted octanol–water partition coefficient (Wildman–Crippen LogP) is 2.95. The molecule has 0 aliphatic carbocycles. The molecular formula is C15H21N3O3. The van der Waals surface area contributed by atoms with Gasteiger partial charge in [0.2, 0.25) is 0 Å². The van der Waals surface area contributed by atoms with Crippen molar-refractivity contribution in [1.82, 2.24) is 5.32 Å². The zero-order valence-electron chi connectivity index (χ0n) is 12.7. The summed E-state index contributed by atoms with van der Waals surface area (Å²) in [7, 11) is 1.78. The highest BCUT2D eigenvalue weighted by atomic mass is 16.6. The molecule has 1 rings (SSSR count). The zero-order valence-corrected chi connectivity index (χ0v) is 12.7. The third-order valence-corrected chi connectivity index (χ3v) is 3.68. The molecule has 114 valence electrons. The monoisotopic (exact) mass is 291 g/mol. The van der Waals surface area contributed by atoms with Gasteiger partial charge >= 0.3 is 0 Å². The van der Waals surface area contributed by atoms with Crippen LogP contribution in [0.4, 0.5) is 5.69 Å². The van der Waals surface area contributed by atoms with Gasteiger partial charge in [-0.2, -0.15) is 5.26 Å². The Morgan fingerprint density at radius 2 is 2.24 bits per heavy atom. The fourth-order valence-electron chi connectivity index (χ4n) is 2.16. The van der Waals surface area contributed by atoms with Gasteiger partial charge in [-0.25, -0.2) is 0 Å². The lowest BCUT2D eigenvalue weighted by atomic mass is 9.92. The number of nitrogens with zero attached hydrogens (tertiary/aromatic N) is 2. The lowest BCUT2D eigenvalue weighted by Gasteiger charge is -2.24. The highest BCUT2D eigenvalue weighted by molar-refractivity contribution is 5.44. The van der Waals surface area contributed by atoms with Crippen molar-refractivity contribution in [2.24, 2.45) is 0 Å². The molecule has 1 atom stereocenters. The average Bonchev–Trinajstić information content (AvgIpc) is 2.48. The van der Waals surface area contributed by atoms with Crippen LogP contribution in [0, 0.1) is 28.4 Å². The Bertz CT molecular complexity index is 533. The zero-order chi connectivity index (χ0) is 15.9. The highest BCUT2D eigenvalue weighted by Gasteiger charge is 2.24. The van der Waals surface area contributed by atoms with Gasteiger partial charge in [-0.15, -0.1) is 0 Å². The SMILES string of the molecule is CCC(C#N)(CCCOc1ccc([N+](=O)[O-])c(C)c1)NC. The minimum atomic E-state index is -0.505. The van der Waals surface area contributed by atoms with E-state index < -0.39 is 10.5 Å². The van der Waals surface area contributed by atoms with Crippen molar-refractivity contribution < 1.29 is 9.66 Å². The standard InChI is InChI=1S/C15H21N3O3/c1-4-15(11-16,17-3)8-5-9-21-13-6-7-14(18(19)20)12(2)10-13/h6-7,10,17H,4-5,8-9H2,1-3H3. The van der Waals surface area contributed by atoms with E-state index in [4.69, 9.17) is 4.74 Å². The molecule has 0 aromatic heterocycles. The molecule has 0 saturated carbocycles. The van der Waals surface area contributed by atoms with Crippen molar-refractivity contribution in [2.75, 3.05) is 13.7 Å². The third-order valence-electron chi connectivity index (χ3n) is 3.68. The van der Waals surface area contributed by atoms with E-state index in [0.29, 0.717) is 24.3 Å². The number of benzene rings is 1. The second-order valence-corrected chi connectivity index (χ2v) is 4.95. The van der Waals surface area contributed by atoms with Crippen molar-refractivity contribution in [3.8, 4) is 11.8 Å². The Hall–Kier alpha value is -2.13. The summed E-state index contributed by atoms with van der Waals surface area (Å²) in [5.41, 5.74) is 0.161. The van der Waals surface area contributed by atoms with Gasteiger partial charge in [0, 0.05) is 11.6 Å². The molecule has 1 aromatic carbocycles. The van der Waals surface area contributed by atoms with Crippen LogP contribution >= 0.6 is 0 Å². The fourth-order valence-corrected chi connectivity index (χ4v) is 2.16. The Morgan fingerprint density at radius 3 is 2.71 bits per heavy atom. The van der Waals surface area contributed by atoms with Crippen LogP contribution in [0.2, 0.25) is 0 Å². The van der Waals surface area contributed by atoms with Gasteiger partial charge in [0.25, 0.3) is 5.69 Å².